The molecule has 4 heteroatoms. The Morgan fingerprint density at radius 1 is 1.33 bits per heavy atom. The molecule has 0 aliphatic carbocycles. The molecule has 0 saturated carbocycles. The van der Waals surface area contributed by atoms with Crippen molar-refractivity contribution >= 4 is 5.97 Å². The Morgan fingerprint density at radius 3 is 2.53 bits per heavy atom. The molecule has 4 nitrogen and oxygen atoms in total. The van der Waals surface area contributed by atoms with Crippen molar-refractivity contribution in [3.63, 3.8) is 0 Å². The molecule has 2 heterocycles. The molecule has 0 radical (unpaired) electrons. The van der Waals surface area contributed by atoms with Gasteiger partial charge in [0.1, 0.15) is 6.04 Å². The third-order valence-electron chi connectivity index (χ3n) is 3.89. The van der Waals surface area contributed by atoms with Crippen LogP contribution < -0.4 is 5.32 Å². The van der Waals surface area contributed by atoms with Crippen LogP contribution in [0.4, 0.5) is 0 Å². The molecule has 2 fully saturated rings. The van der Waals surface area contributed by atoms with Gasteiger partial charge in [0.2, 0.25) is 0 Å². The highest BCUT2D eigenvalue weighted by Crippen LogP contribution is 2.30. The quantitative estimate of drug-likeness (QED) is 0.695. The minimum absolute atomic E-state index is 0.297. The zero-order chi connectivity index (χ0) is 10.8. The predicted octanol–water partition coefficient (Wildman–Crippen LogP) is 0.391. The number of nitrogens with one attached hydrogen (secondary N) is 1. The van der Waals surface area contributed by atoms with Crippen molar-refractivity contribution in [1.29, 1.82) is 0 Å². The lowest BCUT2D eigenvalue weighted by atomic mass is 9.83. The summed E-state index contributed by atoms with van der Waals surface area (Å²) in [5.41, 5.74) is 0. The number of carbonyl (C=O) groups is 1. The Kier molecular flexibility index (Phi) is 3.26. The predicted molar refractivity (Wildman–Crippen MR) is 57.8 cm³/mol. The van der Waals surface area contributed by atoms with Gasteiger partial charge in [-0.3, -0.25) is 4.79 Å². The Morgan fingerprint density at radius 2 is 2.00 bits per heavy atom. The third-order valence-corrected chi connectivity index (χ3v) is 3.89. The van der Waals surface area contributed by atoms with Gasteiger partial charge in [0.25, 0.3) is 0 Å². The van der Waals surface area contributed by atoms with Crippen LogP contribution in [0.1, 0.15) is 19.3 Å². The van der Waals surface area contributed by atoms with Crippen LogP contribution in [0, 0.1) is 11.8 Å². The number of rotatable bonds is 2. The first kappa shape index (κ1) is 10.9. The van der Waals surface area contributed by atoms with Crippen molar-refractivity contribution < 1.29 is 9.90 Å². The normalized spacial score (nSPS) is 34.5. The summed E-state index contributed by atoms with van der Waals surface area (Å²) in [6.07, 6.45) is 3.29. The number of piperidine rings is 1. The molecule has 0 aromatic carbocycles. The van der Waals surface area contributed by atoms with E-state index in [1.807, 2.05) is 0 Å². The van der Waals surface area contributed by atoms with Crippen LogP contribution in [-0.2, 0) is 4.79 Å². The molecule has 2 aliphatic rings. The lowest BCUT2D eigenvalue weighted by Crippen LogP contribution is -2.33. The lowest BCUT2D eigenvalue weighted by Gasteiger charge is -2.32. The summed E-state index contributed by atoms with van der Waals surface area (Å²) in [4.78, 5) is 13.2. The molecule has 2 unspecified atom stereocenters. The van der Waals surface area contributed by atoms with Gasteiger partial charge in [0, 0.05) is 0 Å². The van der Waals surface area contributed by atoms with Crippen molar-refractivity contribution in [2.45, 2.75) is 25.3 Å². The Hall–Kier alpha value is -0.610. The van der Waals surface area contributed by atoms with Crippen LogP contribution in [0.3, 0.4) is 0 Å². The van der Waals surface area contributed by atoms with E-state index in [0.717, 1.165) is 18.9 Å². The summed E-state index contributed by atoms with van der Waals surface area (Å²) >= 11 is 0. The fourth-order valence-corrected chi connectivity index (χ4v) is 2.81. The van der Waals surface area contributed by atoms with Gasteiger partial charge in [0.15, 0.2) is 0 Å². The molecule has 2 aliphatic heterocycles. The highest BCUT2D eigenvalue weighted by Gasteiger charge is 2.34. The summed E-state index contributed by atoms with van der Waals surface area (Å²) in [5, 5.41) is 12.0. The van der Waals surface area contributed by atoms with Crippen LogP contribution in [0.2, 0.25) is 0 Å². The topological polar surface area (TPSA) is 52.6 Å². The van der Waals surface area contributed by atoms with Gasteiger partial charge < -0.3 is 15.3 Å². The first-order chi connectivity index (χ1) is 7.16. The summed E-state index contributed by atoms with van der Waals surface area (Å²) in [7, 11) is 2.16. The Bertz CT molecular complexity index is 237. The summed E-state index contributed by atoms with van der Waals surface area (Å²) in [5.74, 6) is 0.628. The zero-order valence-corrected chi connectivity index (χ0v) is 9.28. The molecule has 0 bridgehead atoms. The second-order valence-electron chi connectivity index (χ2n) is 4.94. The van der Waals surface area contributed by atoms with E-state index >= 15 is 0 Å². The molecular formula is C11H20N2O2. The van der Waals surface area contributed by atoms with Crippen LogP contribution in [0.15, 0.2) is 0 Å². The van der Waals surface area contributed by atoms with E-state index in [1.165, 1.54) is 25.9 Å². The molecule has 0 amide bonds. The first-order valence-corrected chi connectivity index (χ1v) is 5.81. The Balaban J connectivity index is 1.83. The average molecular weight is 212 g/mol. The second kappa shape index (κ2) is 4.49. The lowest BCUT2D eigenvalue weighted by molar-refractivity contribution is -0.139. The molecule has 0 aromatic rings. The highest BCUT2D eigenvalue weighted by molar-refractivity contribution is 5.73. The van der Waals surface area contributed by atoms with Crippen LogP contribution in [-0.4, -0.2) is 48.7 Å². The van der Waals surface area contributed by atoms with E-state index in [9.17, 15) is 4.79 Å². The maximum absolute atomic E-state index is 10.8. The summed E-state index contributed by atoms with van der Waals surface area (Å²) < 4.78 is 0. The average Bonchev–Trinajstić information content (AvgIpc) is 2.68. The molecular weight excluding hydrogens is 192 g/mol. The van der Waals surface area contributed by atoms with Gasteiger partial charge in [-0.25, -0.2) is 0 Å². The van der Waals surface area contributed by atoms with E-state index in [2.05, 4.69) is 17.3 Å². The first-order valence-electron chi connectivity index (χ1n) is 5.81. The molecule has 2 saturated heterocycles. The van der Waals surface area contributed by atoms with Gasteiger partial charge in [-0.05, 0) is 57.8 Å². The number of aliphatic carboxylic acids is 1. The number of carboxylic acids is 1. The van der Waals surface area contributed by atoms with Gasteiger partial charge in [-0.2, -0.15) is 0 Å². The molecule has 15 heavy (non-hydrogen) atoms. The van der Waals surface area contributed by atoms with Gasteiger partial charge >= 0.3 is 5.97 Å². The van der Waals surface area contributed by atoms with Crippen molar-refractivity contribution in [2.24, 2.45) is 11.8 Å². The number of likely N-dealkylation sites (tertiary alicyclic amines) is 1. The summed E-state index contributed by atoms with van der Waals surface area (Å²) in [6.45, 7) is 3.23. The fraction of sp³-hybridized carbons (Fsp3) is 0.909. The molecule has 86 valence electrons. The number of carboxylic acid groups (broad SMARTS) is 1. The standard InChI is InChI=1S/C11H20N2O2/c1-13-4-2-8(3-5-13)9-6-10(11(14)15)12-7-9/h8-10,12H,2-7H2,1H3,(H,14,15). The smallest absolute Gasteiger partial charge is 0.320 e. The van der Waals surface area contributed by atoms with E-state index in [0.29, 0.717) is 5.92 Å². The second-order valence-corrected chi connectivity index (χ2v) is 4.94. The maximum atomic E-state index is 10.8. The van der Waals surface area contributed by atoms with Crippen molar-refractivity contribution in [1.82, 2.24) is 10.2 Å². The fourth-order valence-electron chi connectivity index (χ4n) is 2.81. The number of hydrogen-bond donors (Lipinski definition) is 2. The maximum Gasteiger partial charge on any atom is 0.320 e. The number of nitrogens with zero attached hydrogens (tertiary/aromatic N) is 1. The van der Waals surface area contributed by atoms with Gasteiger partial charge in [0.05, 0.1) is 0 Å². The van der Waals surface area contributed by atoms with E-state index in [4.69, 9.17) is 5.11 Å². The largest absolute Gasteiger partial charge is 0.480 e. The van der Waals surface area contributed by atoms with E-state index in [1.54, 1.807) is 0 Å². The molecule has 2 atom stereocenters. The van der Waals surface area contributed by atoms with Gasteiger partial charge in [-0.1, -0.05) is 0 Å². The minimum Gasteiger partial charge on any atom is -0.480 e. The zero-order valence-electron chi connectivity index (χ0n) is 9.28. The monoisotopic (exact) mass is 212 g/mol. The molecule has 2 rings (SSSR count). The van der Waals surface area contributed by atoms with Crippen LogP contribution in [0.5, 0.6) is 0 Å². The highest BCUT2D eigenvalue weighted by atomic mass is 16.4. The van der Waals surface area contributed by atoms with Crippen molar-refractivity contribution in [3.8, 4) is 0 Å². The number of hydrogen-bond acceptors (Lipinski definition) is 3. The van der Waals surface area contributed by atoms with Crippen molar-refractivity contribution in [3.05, 3.63) is 0 Å². The van der Waals surface area contributed by atoms with Crippen molar-refractivity contribution in [2.75, 3.05) is 26.7 Å². The van der Waals surface area contributed by atoms with Crippen LogP contribution in [0.25, 0.3) is 0 Å². The van der Waals surface area contributed by atoms with Crippen LogP contribution >= 0.6 is 0 Å². The molecule has 0 aromatic heterocycles. The van der Waals surface area contributed by atoms with Gasteiger partial charge in [-0.15, -0.1) is 0 Å². The SMILES string of the molecule is CN1CCC(C2CNC(C(=O)O)C2)CC1. The van der Waals surface area contributed by atoms with E-state index in [-0.39, 0.29) is 6.04 Å². The third kappa shape index (κ3) is 2.49. The molecule has 2 N–H and O–H groups in total. The molecule has 0 spiro atoms. The Labute approximate surface area is 90.6 Å². The van der Waals surface area contributed by atoms with E-state index < -0.39 is 5.97 Å². The minimum atomic E-state index is -0.689. The summed E-state index contributed by atoms with van der Waals surface area (Å²) in [6, 6.07) is -0.297.